The second kappa shape index (κ2) is 2.03. The molecule has 11 heavy (non-hydrogen) atoms. The van der Waals surface area contributed by atoms with Crippen LogP contribution in [0.2, 0.25) is 0 Å². The predicted octanol–water partition coefficient (Wildman–Crippen LogP) is 0.406. The summed E-state index contributed by atoms with van der Waals surface area (Å²) in [6, 6.07) is 4.86. The number of phenolic OH excluding ortho intramolecular Hbond substituents is 1. The number of ether oxygens (including phenoxy) is 2. The molecular formula is C7H7NO3. The number of nitrogens with two attached hydrogens (primary N) is 1. The summed E-state index contributed by atoms with van der Waals surface area (Å²) >= 11 is 0. The fourth-order valence-electron chi connectivity index (χ4n) is 0.981. The van der Waals surface area contributed by atoms with Gasteiger partial charge in [-0.2, -0.15) is 0 Å². The molecule has 2 rings (SSSR count). The molecule has 0 saturated carbocycles. The fraction of sp³-hybridized carbons (Fsp3) is 0.143. The van der Waals surface area contributed by atoms with Gasteiger partial charge in [0.2, 0.25) is 5.75 Å². The SMILES string of the molecule is NC1Oc2cccc(O)c2O1. The monoisotopic (exact) mass is 153 g/mol. The molecule has 1 aliphatic heterocycles. The van der Waals surface area contributed by atoms with Crippen molar-refractivity contribution in [2.24, 2.45) is 5.73 Å². The van der Waals surface area contributed by atoms with Gasteiger partial charge in [0.25, 0.3) is 6.41 Å². The van der Waals surface area contributed by atoms with Crippen LogP contribution in [0.25, 0.3) is 0 Å². The lowest BCUT2D eigenvalue weighted by Gasteiger charge is -2.00. The van der Waals surface area contributed by atoms with E-state index in [9.17, 15) is 5.11 Å². The molecule has 0 radical (unpaired) electrons. The maximum absolute atomic E-state index is 9.19. The molecule has 0 amide bonds. The van der Waals surface area contributed by atoms with Gasteiger partial charge in [0.05, 0.1) is 0 Å². The van der Waals surface area contributed by atoms with E-state index in [2.05, 4.69) is 0 Å². The van der Waals surface area contributed by atoms with Crippen molar-refractivity contribution in [1.29, 1.82) is 0 Å². The molecule has 0 bridgehead atoms. The largest absolute Gasteiger partial charge is 0.504 e. The Morgan fingerprint density at radius 2 is 2.18 bits per heavy atom. The Hall–Kier alpha value is -1.42. The molecule has 0 aromatic heterocycles. The highest BCUT2D eigenvalue weighted by Gasteiger charge is 2.22. The summed E-state index contributed by atoms with van der Waals surface area (Å²) in [7, 11) is 0. The molecule has 1 heterocycles. The van der Waals surface area contributed by atoms with Gasteiger partial charge in [-0.15, -0.1) is 0 Å². The van der Waals surface area contributed by atoms with Crippen LogP contribution >= 0.6 is 0 Å². The van der Waals surface area contributed by atoms with Crippen LogP contribution in [0.1, 0.15) is 0 Å². The van der Waals surface area contributed by atoms with Crippen molar-refractivity contribution in [3.8, 4) is 17.2 Å². The molecule has 3 N–H and O–H groups in total. The Balaban J connectivity index is 2.49. The lowest BCUT2D eigenvalue weighted by Crippen LogP contribution is -2.28. The molecular weight excluding hydrogens is 146 g/mol. The van der Waals surface area contributed by atoms with Gasteiger partial charge >= 0.3 is 0 Å². The van der Waals surface area contributed by atoms with Crippen molar-refractivity contribution in [3.63, 3.8) is 0 Å². The first-order valence-corrected chi connectivity index (χ1v) is 3.18. The maximum Gasteiger partial charge on any atom is 0.300 e. The standard InChI is InChI=1S/C7H7NO3/c8-7-10-5-3-1-2-4(9)6(5)11-7/h1-3,7,9H,8H2. The molecule has 58 valence electrons. The maximum atomic E-state index is 9.19. The molecule has 1 aliphatic rings. The first-order valence-electron chi connectivity index (χ1n) is 3.18. The molecule has 0 spiro atoms. The van der Waals surface area contributed by atoms with Crippen LogP contribution < -0.4 is 15.2 Å². The van der Waals surface area contributed by atoms with E-state index in [-0.39, 0.29) is 5.75 Å². The van der Waals surface area contributed by atoms with Crippen molar-refractivity contribution in [2.75, 3.05) is 0 Å². The zero-order valence-corrected chi connectivity index (χ0v) is 5.65. The third kappa shape index (κ3) is 0.877. The lowest BCUT2D eigenvalue weighted by molar-refractivity contribution is 0.0548. The minimum atomic E-state index is -0.793. The van der Waals surface area contributed by atoms with Crippen molar-refractivity contribution in [1.82, 2.24) is 0 Å². The third-order valence-corrected chi connectivity index (χ3v) is 1.44. The normalized spacial score (nSPS) is 20.3. The van der Waals surface area contributed by atoms with Crippen LogP contribution in [-0.2, 0) is 0 Å². The predicted molar refractivity (Wildman–Crippen MR) is 37.3 cm³/mol. The number of benzene rings is 1. The second-order valence-corrected chi connectivity index (χ2v) is 2.21. The summed E-state index contributed by atoms with van der Waals surface area (Å²) in [4.78, 5) is 0. The van der Waals surface area contributed by atoms with Crippen LogP contribution in [0.4, 0.5) is 0 Å². The van der Waals surface area contributed by atoms with Gasteiger partial charge in [0.15, 0.2) is 11.5 Å². The number of hydrogen-bond acceptors (Lipinski definition) is 4. The van der Waals surface area contributed by atoms with Gasteiger partial charge in [0.1, 0.15) is 0 Å². The zero-order chi connectivity index (χ0) is 7.84. The lowest BCUT2D eigenvalue weighted by atomic mass is 10.3. The van der Waals surface area contributed by atoms with E-state index < -0.39 is 6.41 Å². The summed E-state index contributed by atoms with van der Waals surface area (Å²) < 4.78 is 9.93. The van der Waals surface area contributed by atoms with E-state index in [1.54, 1.807) is 12.1 Å². The number of aromatic hydroxyl groups is 1. The van der Waals surface area contributed by atoms with Crippen molar-refractivity contribution in [3.05, 3.63) is 18.2 Å². The minimum Gasteiger partial charge on any atom is -0.504 e. The van der Waals surface area contributed by atoms with Crippen LogP contribution in [0.5, 0.6) is 17.2 Å². The third-order valence-electron chi connectivity index (χ3n) is 1.44. The minimum absolute atomic E-state index is 0.0513. The molecule has 4 nitrogen and oxygen atoms in total. The van der Waals surface area contributed by atoms with Crippen molar-refractivity contribution >= 4 is 0 Å². The Morgan fingerprint density at radius 3 is 2.91 bits per heavy atom. The Labute approximate surface area is 63.2 Å². The van der Waals surface area contributed by atoms with Gasteiger partial charge in [-0.3, -0.25) is 5.73 Å². The van der Waals surface area contributed by atoms with Crippen LogP contribution in [0.3, 0.4) is 0 Å². The van der Waals surface area contributed by atoms with Crippen molar-refractivity contribution < 1.29 is 14.6 Å². The summed E-state index contributed by atoms with van der Waals surface area (Å²) in [5.41, 5.74) is 5.30. The fourth-order valence-corrected chi connectivity index (χ4v) is 0.981. The molecule has 1 aromatic carbocycles. The van der Waals surface area contributed by atoms with Gasteiger partial charge in [-0.25, -0.2) is 0 Å². The number of phenols is 1. The smallest absolute Gasteiger partial charge is 0.300 e. The summed E-state index contributed by atoms with van der Waals surface area (Å²) in [5.74, 6) is 0.855. The van der Waals surface area contributed by atoms with Crippen molar-refractivity contribution in [2.45, 2.75) is 6.41 Å². The number of para-hydroxylation sites is 1. The highest BCUT2D eigenvalue weighted by Crippen LogP contribution is 2.40. The quantitative estimate of drug-likeness (QED) is 0.566. The van der Waals surface area contributed by atoms with Gasteiger partial charge in [0, 0.05) is 0 Å². The average Bonchev–Trinajstić information content (AvgIpc) is 2.31. The first kappa shape index (κ1) is 6.30. The molecule has 1 aromatic rings. The van der Waals surface area contributed by atoms with Crippen LogP contribution in [0.15, 0.2) is 18.2 Å². The Morgan fingerprint density at radius 1 is 1.36 bits per heavy atom. The van der Waals surface area contributed by atoms with Gasteiger partial charge in [-0.05, 0) is 12.1 Å². The summed E-state index contributed by atoms with van der Waals surface area (Å²) in [6.07, 6.45) is -0.793. The van der Waals surface area contributed by atoms with E-state index in [0.29, 0.717) is 11.5 Å². The molecule has 0 fully saturated rings. The second-order valence-electron chi connectivity index (χ2n) is 2.21. The van der Waals surface area contributed by atoms with Crippen LogP contribution in [0, 0.1) is 0 Å². The molecule has 0 saturated heterocycles. The Kier molecular flexibility index (Phi) is 1.16. The first-order chi connectivity index (χ1) is 5.27. The molecule has 4 heteroatoms. The van der Waals surface area contributed by atoms with E-state index in [4.69, 9.17) is 15.2 Å². The summed E-state index contributed by atoms with van der Waals surface area (Å²) in [6.45, 7) is 0. The Bertz CT molecular complexity index is 287. The van der Waals surface area contributed by atoms with E-state index in [1.165, 1.54) is 6.07 Å². The number of rotatable bonds is 0. The zero-order valence-electron chi connectivity index (χ0n) is 5.65. The van der Waals surface area contributed by atoms with E-state index in [1.807, 2.05) is 0 Å². The van der Waals surface area contributed by atoms with Gasteiger partial charge < -0.3 is 14.6 Å². The van der Waals surface area contributed by atoms with Crippen LogP contribution in [-0.4, -0.2) is 11.5 Å². The number of fused-ring (bicyclic) bond motifs is 1. The summed E-state index contributed by atoms with van der Waals surface area (Å²) in [5, 5.41) is 9.19. The van der Waals surface area contributed by atoms with E-state index in [0.717, 1.165) is 0 Å². The highest BCUT2D eigenvalue weighted by molar-refractivity contribution is 5.51. The van der Waals surface area contributed by atoms with E-state index >= 15 is 0 Å². The molecule has 0 aliphatic carbocycles. The average molecular weight is 153 g/mol. The number of hydrogen-bond donors (Lipinski definition) is 2. The highest BCUT2D eigenvalue weighted by atomic mass is 16.7. The molecule has 1 unspecified atom stereocenters. The molecule has 1 atom stereocenters. The van der Waals surface area contributed by atoms with Gasteiger partial charge in [-0.1, -0.05) is 6.07 Å². The topological polar surface area (TPSA) is 64.7 Å².